The molecular formula is C17H23ClFN3O3. The molecule has 1 aliphatic rings. The summed E-state index contributed by atoms with van der Waals surface area (Å²) in [4.78, 5) is 26.1. The van der Waals surface area contributed by atoms with Crippen molar-refractivity contribution in [3.63, 3.8) is 0 Å². The first-order chi connectivity index (χ1) is 12.0. The summed E-state index contributed by atoms with van der Waals surface area (Å²) in [6.07, 6.45) is 0.780. The summed E-state index contributed by atoms with van der Waals surface area (Å²) in [7, 11) is 1.60. The van der Waals surface area contributed by atoms with Crippen LogP contribution in [0.3, 0.4) is 0 Å². The number of hydrogen-bond acceptors (Lipinski definition) is 4. The second-order valence-electron chi connectivity index (χ2n) is 5.93. The summed E-state index contributed by atoms with van der Waals surface area (Å²) in [6, 6.07) is 4.00. The lowest BCUT2D eigenvalue weighted by atomic mass is 10.1. The van der Waals surface area contributed by atoms with E-state index in [0.29, 0.717) is 44.8 Å². The largest absolute Gasteiger partial charge is 0.385 e. The number of hydrogen-bond donors (Lipinski definition) is 2. The molecule has 1 saturated heterocycles. The van der Waals surface area contributed by atoms with Crippen molar-refractivity contribution in [2.24, 2.45) is 0 Å². The predicted molar refractivity (Wildman–Crippen MR) is 92.7 cm³/mol. The molecule has 0 aromatic heterocycles. The number of carbonyl (C=O) groups is 2. The first-order valence-corrected chi connectivity index (χ1v) is 8.60. The Morgan fingerprint density at radius 2 is 2.32 bits per heavy atom. The molecule has 1 fully saturated rings. The third-order valence-electron chi connectivity index (χ3n) is 4.04. The van der Waals surface area contributed by atoms with Crippen molar-refractivity contribution < 1.29 is 18.7 Å². The summed E-state index contributed by atoms with van der Waals surface area (Å²) in [5.41, 5.74) is 0.710. The van der Waals surface area contributed by atoms with Gasteiger partial charge in [0.15, 0.2) is 0 Å². The van der Waals surface area contributed by atoms with Gasteiger partial charge in [-0.1, -0.05) is 17.7 Å². The molecule has 0 aliphatic carbocycles. The Morgan fingerprint density at radius 1 is 1.52 bits per heavy atom. The molecule has 1 aromatic rings. The molecule has 6 nitrogen and oxygen atoms in total. The molecule has 1 atom stereocenters. The van der Waals surface area contributed by atoms with Crippen LogP contribution in [0.2, 0.25) is 5.02 Å². The highest BCUT2D eigenvalue weighted by Crippen LogP contribution is 2.19. The Morgan fingerprint density at radius 3 is 3.04 bits per heavy atom. The predicted octanol–water partition coefficient (Wildman–Crippen LogP) is 1.32. The van der Waals surface area contributed by atoms with Gasteiger partial charge < -0.3 is 15.4 Å². The molecule has 25 heavy (non-hydrogen) atoms. The van der Waals surface area contributed by atoms with Crippen molar-refractivity contribution in [2.45, 2.75) is 25.4 Å². The van der Waals surface area contributed by atoms with Crippen molar-refractivity contribution in [3.05, 3.63) is 34.6 Å². The van der Waals surface area contributed by atoms with Crippen LogP contribution in [0, 0.1) is 5.82 Å². The van der Waals surface area contributed by atoms with E-state index in [4.69, 9.17) is 16.3 Å². The van der Waals surface area contributed by atoms with Crippen molar-refractivity contribution in [1.29, 1.82) is 0 Å². The van der Waals surface area contributed by atoms with Crippen LogP contribution >= 0.6 is 11.6 Å². The van der Waals surface area contributed by atoms with Crippen LogP contribution in [0.15, 0.2) is 18.2 Å². The number of piperazine rings is 1. The lowest BCUT2D eigenvalue weighted by molar-refractivity contribution is -0.134. The number of rotatable bonds is 8. The van der Waals surface area contributed by atoms with Crippen molar-refractivity contribution >= 4 is 23.4 Å². The standard InChI is InChI=1S/C17H23ClFN3O3/c1-25-8-2-5-20-16(23)10-15-17(24)21-6-7-22(15)11-12-3-4-13(18)14(19)9-12/h3-4,9,15H,2,5-8,10-11H2,1H3,(H,20,23)(H,21,24)/t15-/m0/s1. The van der Waals surface area contributed by atoms with E-state index in [1.54, 1.807) is 13.2 Å². The van der Waals surface area contributed by atoms with Gasteiger partial charge in [0.25, 0.3) is 0 Å². The molecule has 0 saturated carbocycles. The summed E-state index contributed by atoms with van der Waals surface area (Å²) in [5.74, 6) is -0.869. The van der Waals surface area contributed by atoms with Gasteiger partial charge in [-0.15, -0.1) is 0 Å². The summed E-state index contributed by atoms with van der Waals surface area (Å²) in [6.45, 7) is 2.55. The zero-order valence-corrected chi connectivity index (χ0v) is 14.9. The molecule has 2 N–H and O–H groups in total. The SMILES string of the molecule is COCCCNC(=O)C[C@H]1C(=O)NCCN1Cc1ccc(Cl)c(F)c1. The number of carbonyl (C=O) groups excluding carboxylic acids is 2. The molecule has 0 unspecified atom stereocenters. The number of methoxy groups -OCH3 is 1. The Labute approximate surface area is 151 Å². The molecule has 1 heterocycles. The average molecular weight is 372 g/mol. The summed E-state index contributed by atoms with van der Waals surface area (Å²) in [5, 5.41) is 5.62. The zero-order chi connectivity index (χ0) is 18.2. The maximum absolute atomic E-state index is 13.6. The monoisotopic (exact) mass is 371 g/mol. The van der Waals surface area contributed by atoms with E-state index in [1.807, 2.05) is 4.90 Å². The summed E-state index contributed by atoms with van der Waals surface area (Å²) < 4.78 is 18.5. The van der Waals surface area contributed by atoms with E-state index >= 15 is 0 Å². The lowest BCUT2D eigenvalue weighted by Crippen LogP contribution is -2.56. The summed E-state index contributed by atoms with van der Waals surface area (Å²) >= 11 is 5.70. The Hall–Kier alpha value is -1.70. The average Bonchev–Trinajstić information content (AvgIpc) is 2.58. The highest BCUT2D eigenvalue weighted by molar-refractivity contribution is 6.30. The van der Waals surface area contributed by atoms with E-state index in [0.717, 1.165) is 0 Å². The number of amides is 2. The van der Waals surface area contributed by atoms with Gasteiger partial charge >= 0.3 is 0 Å². The van der Waals surface area contributed by atoms with Gasteiger partial charge in [-0.05, 0) is 24.1 Å². The number of benzene rings is 1. The fourth-order valence-electron chi connectivity index (χ4n) is 2.74. The lowest BCUT2D eigenvalue weighted by Gasteiger charge is -2.34. The minimum absolute atomic E-state index is 0.0622. The van der Waals surface area contributed by atoms with Crippen LogP contribution in [-0.2, 0) is 20.9 Å². The molecule has 2 amide bonds. The van der Waals surface area contributed by atoms with E-state index in [2.05, 4.69) is 10.6 Å². The number of ether oxygens (including phenoxy) is 1. The van der Waals surface area contributed by atoms with Gasteiger partial charge in [0.1, 0.15) is 5.82 Å². The van der Waals surface area contributed by atoms with Gasteiger partial charge in [0.2, 0.25) is 11.8 Å². The Kier molecular flexibility index (Phi) is 7.61. The second-order valence-corrected chi connectivity index (χ2v) is 6.33. The fourth-order valence-corrected chi connectivity index (χ4v) is 2.86. The van der Waals surface area contributed by atoms with E-state index in [9.17, 15) is 14.0 Å². The normalized spacial score (nSPS) is 18.0. The van der Waals surface area contributed by atoms with E-state index in [1.165, 1.54) is 12.1 Å². The first-order valence-electron chi connectivity index (χ1n) is 8.22. The van der Waals surface area contributed by atoms with Crippen molar-refractivity contribution in [3.8, 4) is 0 Å². The van der Waals surface area contributed by atoms with Crippen LogP contribution in [0.4, 0.5) is 4.39 Å². The molecule has 1 aromatic carbocycles. The number of nitrogens with one attached hydrogen (secondary N) is 2. The fraction of sp³-hybridized carbons (Fsp3) is 0.529. The molecule has 8 heteroatoms. The first kappa shape index (κ1) is 19.6. The van der Waals surface area contributed by atoms with Gasteiger partial charge in [-0.2, -0.15) is 0 Å². The third kappa shape index (κ3) is 5.95. The topological polar surface area (TPSA) is 70.7 Å². The quantitative estimate of drug-likeness (QED) is 0.676. The van der Waals surface area contributed by atoms with Crippen molar-refractivity contribution in [2.75, 3.05) is 33.4 Å². The van der Waals surface area contributed by atoms with E-state index in [-0.39, 0.29) is 23.3 Å². The minimum Gasteiger partial charge on any atom is -0.385 e. The van der Waals surface area contributed by atoms with Crippen molar-refractivity contribution in [1.82, 2.24) is 15.5 Å². The number of nitrogens with zero attached hydrogens (tertiary/aromatic N) is 1. The molecule has 1 aliphatic heterocycles. The molecular weight excluding hydrogens is 349 g/mol. The second kappa shape index (κ2) is 9.70. The van der Waals surface area contributed by atoms with Crippen LogP contribution in [0.1, 0.15) is 18.4 Å². The minimum atomic E-state index is -0.574. The molecule has 0 radical (unpaired) electrons. The maximum Gasteiger partial charge on any atom is 0.237 e. The number of halogens is 2. The molecule has 0 bridgehead atoms. The third-order valence-corrected chi connectivity index (χ3v) is 4.34. The van der Waals surface area contributed by atoms with Gasteiger partial charge in [0, 0.05) is 39.9 Å². The zero-order valence-electron chi connectivity index (χ0n) is 14.2. The molecule has 0 spiro atoms. The smallest absolute Gasteiger partial charge is 0.237 e. The maximum atomic E-state index is 13.6. The van der Waals surface area contributed by atoms with Crippen LogP contribution in [0.5, 0.6) is 0 Å². The highest BCUT2D eigenvalue weighted by Gasteiger charge is 2.31. The van der Waals surface area contributed by atoms with Crippen LogP contribution in [0.25, 0.3) is 0 Å². The van der Waals surface area contributed by atoms with Gasteiger partial charge in [-0.25, -0.2) is 4.39 Å². The highest BCUT2D eigenvalue weighted by atomic mass is 35.5. The van der Waals surface area contributed by atoms with E-state index < -0.39 is 11.9 Å². The van der Waals surface area contributed by atoms with Gasteiger partial charge in [0.05, 0.1) is 17.5 Å². The Bertz CT molecular complexity index is 615. The molecule has 138 valence electrons. The van der Waals surface area contributed by atoms with Gasteiger partial charge in [-0.3, -0.25) is 14.5 Å². The molecule has 2 rings (SSSR count). The van der Waals surface area contributed by atoms with Crippen LogP contribution in [-0.4, -0.2) is 56.1 Å². The van der Waals surface area contributed by atoms with Crippen LogP contribution < -0.4 is 10.6 Å². The Balaban J connectivity index is 1.96.